The Labute approximate surface area is 98.2 Å². The van der Waals surface area contributed by atoms with Crippen molar-refractivity contribution in [3.8, 4) is 0 Å². The SMILES string of the molecule is CC(C)(C)CCC(=O)N1CCC(C=O)CC1. The lowest BCUT2D eigenvalue weighted by molar-refractivity contribution is -0.134. The first kappa shape index (κ1) is 13.2. The van der Waals surface area contributed by atoms with E-state index in [1.165, 1.54) is 0 Å². The van der Waals surface area contributed by atoms with Crippen molar-refractivity contribution in [2.45, 2.75) is 46.5 Å². The monoisotopic (exact) mass is 225 g/mol. The quantitative estimate of drug-likeness (QED) is 0.691. The van der Waals surface area contributed by atoms with Crippen LogP contribution in [0.4, 0.5) is 0 Å². The number of likely N-dealkylation sites (tertiary alicyclic amines) is 1. The van der Waals surface area contributed by atoms with Gasteiger partial charge < -0.3 is 9.69 Å². The normalized spacial score (nSPS) is 18.6. The van der Waals surface area contributed by atoms with Crippen LogP contribution in [-0.2, 0) is 9.59 Å². The second kappa shape index (κ2) is 5.46. The van der Waals surface area contributed by atoms with Crippen LogP contribution in [0.2, 0.25) is 0 Å². The van der Waals surface area contributed by atoms with Crippen LogP contribution in [0, 0.1) is 11.3 Å². The fourth-order valence-electron chi connectivity index (χ4n) is 1.92. The minimum absolute atomic E-state index is 0.173. The highest BCUT2D eigenvalue weighted by atomic mass is 16.2. The van der Waals surface area contributed by atoms with Crippen molar-refractivity contribution in [1.29, 1.82) is 0 Å². The average molecular weight is 225 g/mol. The summed E-state index contributed by atoms with van der Waals surface area (Å²) in [6, 6.07) is 0. The Kier molecular flexibility index (Phi) is 4.51. The fraction of sp³-hybridized carbons (Fsp3) is 0.846. The van der Waals surface area contributed by atoms with E-state index in [0.717, 1.165) is 38.6 Å². The number of hydrogen-bond acceptors (Lipinski definition) is 2. The Morgan fingerprint density at radius 1 is 1.31 bits per heavy atom. The Bertz CT molecular complexity index is 247. The number of carbonyl (C=O) groups excluding carboxylic acids is 2. The topological polar surface area (TPSA) is 37.4 Å². The maximum atomic E-state index is 11.9. The van der Waals surface area contributed by atoms with Gasteiger partial charge in [-0.3, -0.25) is 4.79 Å². The molecule has 1 aliphatic rings. The van der Waals surface area contributed by atoms with E-state index in [4.69, 9.17) is 0 Å². The molecule has 0 aliphatic carbocycles. The third-order valence-corrected chi connectivity index (χ3v) is 3.17. The highest BCUT2D eigenvalue weighted by molar-refractivity contribution is 5.76. The molecule has 0 spiro atoms. The summed E-state index contributed by atoms with van der Waals surface area (Å²) < 4.78 is 0. The van der Waals surface area contributed by atoms with E-state index in [0.29, 0.717) is 6.42 Å². The molecule has 1 fully saturated rings. The molecule has 0 aromatic heterocycles. The predicted molar refractivity (Wildman–Crippen MR) is 64.1 cm³/mol. The van der Waals surface area contributed by atoms with Gasteiger partial charge in [-0.05, 0) is 24.7 Å². The number of rotatable bonds is 3. The number of aldehydes is 1. The summed E-state index contributed by atoms with van der Waals surface area (Å²) in [7, 11) is 0. The summed E-state index contributed by atoms with van der Waals surface area (Å²) >= 11 is 0. The summed E-state index contributed by atoms with van der Waals surface area (Å²) in [5.41, 5.74) is 0.219. The molecule has 1 saturated heterocycles. The molecule has 16 heavy (non-hydrogen) atoms. The first-order valence-corrected chi connectivity index (χ1v) is 6.15. The molecule has 0 unspecified atom stereocenters. The second-order valence-electron chi connectivity index (χ2n) is 5.91. The van der Waals surface area contributed by atoms with Gasteiger partial charge in [0.25, 0.3) is 0 Å². The van der Waals surface area contributed by atoms with Crippen LogP contribution < -0.4 is 0 Å². The van der Waals surface area contributed by atoms with Crippen molar-refractivity contribution in [2.75, 3.05) is 13.1 Å². The first-order valence-electron chi connectivity index (χ1n) is 6.15. The van der Waals surface area contributed by atoms with Crippen molar-refractivity contribution in [3.63, 3.8) is 0 Å². The molecular formula is C13H23NO2. The summed E-state index contributed by atoms with van der Waals surface area (Å²) in [5.74, 6) is 0.422. The Balaban J connectivity index is 2.31. The van der Waals surface area contributed by atoms with Gasteiger partial charge in [-0.2, -0.15) is 0 Å². The van der Waals surface area contributed by atoms with Gasteiger partial charge in [0, 0.05) is 25.4 Å². The lowest BCUT2D eigenvalue weighted by Gasteiger charge is -2.30. The van der Waals surface area contributed by atoms with Gasteiger partial charge in [0.2, 0.25) is 5.91 Å². The molecule has 0 bridgehead atoms. The molecular weight excluding hydrogens is 202 g/mol. The number of hydrogen-bond donors (Lipinski definition) is 0. The van der Waals surface area contributed by atoms with Gasteiger partial charge in [0.05, 0.1) is 0 Å². The zero-order chi connectivity index (χ0) is 12.2. The van der Waals surface area contributed by atoms with Gasteiger partial charge >= 0.3 is 0 Å². The molecule has 92 valence electrons. The van der Waals surface area contributed by atoms with E-state index in [-0.39, 0.29) is 17.2 Å². The van der Waals surface area contributed by atoms with Crippen molar-refractivity contribution in [1.82, 2.24) is 4.90 Å². The zero-order valence-electron chi connectivity index (χ0n) is 10.7. The molecule has 3 heteroatoms. The van der Waals surface area contributed by atoms with Crippen LogP contribution >= 0.6 is 0 Å². The van der Waals surface area contributed by atoms with Gasteiger partial charge in [0.1, 0.15) is 6.29 Å². The Hall–Kier alpha value is -0.860. The van der Waals surface area contributed by atoms with Gasteiger partial charge in [-0.25, -0.2) is 0 Å². The minimum atomic E-state index is 0.173. The van der Waals surface area contributed by atoms with Crippen LogP contribution in [0.1, 0.15) is 46.5 Å². The molecule has 1 heterocycles. The average Bonchev–Trinajstić information content (AvgIpc) is 2.25. The molecule has 0 aromatic rings. The maximum Gasteiger partial charge on any atom is 0.222 e. The molecule has 1 amide bonds. The van der Waals surface area contributed by atoms with Gasteiger partial charge in [0.15, 0.2) is 0 Å². The molecule has 0 atom stereocenters. The highest BCUT2D eigenvalue weighted by Crippen LogP contribution is 2.22. The van der Waals surface area contributed by atoms with E-state index in [1.54, 1.807) is 0 Å². The Morgan fingerprint density at radius 2 is 1.88 bits per heavy atom. The van der Waals surface area contributed by atoms with Crippen LogP contribution in [0.25, 0.3) is 0 Å². The number of amides is 1. The van der Waals surface area contributed by atoms with E-state index < -0.39 is 0 Å². The third-order valence-electron chi connectivity index (χ3n) is 3.17. The molecule has 0 N–H and O–H groups in total. The van der Waals surface area contributed by atoms with E-state index in [1.807, 2.05) is 4.90 Å². The van der Waals surface area contributed by atoms with Crippen molar-refractivity contribution in [3.05, 3.63) is 0 Å². The van der Waals surface area contributed by atoms with E-state index in [9.17, 15) is 9.59 Å². The molecule has 1 rings (SSSR count). The number of piperidine rings is 1. The second-order valence-corrected chi connectivity index (χ2v) is 5.91. The van der Waals surface area contributed by atoms with Crippen molar-refractivity contribution in [2.24, 2.45) is 11.3 Å². The largest absolute Gasteiger partial charge is 0.343 e. The van der Waals surface area contributed by atoms with E-state index in [2.05, 4.69) is 20.8 Å². The highest BCUT2D eigenvalue weighted by Gasteiger charge is 2.23. The lowest BCUT2D eigenvalue weighted by Crippen LogP contribution is -2.39. The molecule has 3 nitrogen and oxygen atoms in total. The molecule has 0 saturated carbocycles. The summed E-state index contributed by atoms with van der Waals surface area (Å²) in [5, 5.41) is 0. The molecule has 0 radical (unpaired) electrons. The fourth-order valence-corrected chi connectivity index (χ4v) is 1.92. The molecule has 0 aromatic carbocycles. The Morgan fingerprint density at radius 3 is 2.31 bits per heavy atom. The first-order chi connectivity index (χ1) is 7.42. The maximum absolute atomic E-state index is 11.9. The van der Waals surface area contributed by atoms with E-state index >= 15 is 0 Å². The van der Waals surface area contributed by atoms with Crippen LogP contribution in [0.15, 0.2) is 0 Å². The molecule has 1 aliphatic heterocycles. The number of carbonyl (C=O) groups is 2. The van der Waals surface area contributed by atoms with Crippen molar-refractivity contribution >= 4 is 12.2 Å². The van der Waals surface area contributed by atoms with Gasteiger partial charge in [-0.15, -0.1) is 0 Å². The standard InChI is InChI=1S/C13H23NO2/c1-13(2,3)7-4-12(16)14-8-5-11(10-15)6-9-14/h10-11H,4-9H2,1-3H3. The van der Waals surface area contributed by atoms with Crippen molar-refractivity contribution < 1.29 is 9.59 Å². The van der Waals surface area contributed by atoms with Crippen LogP contribution in [0.5, 0.6) is 0 Å². The summed E-state index contributed by atoms with van der Waals surface area (Å²) in [6.45, 7) is 7.97. The predicted octanol–water partition coefficient (Wildman–Crippen LogP) is 2.25. The number of nitrogens with zero attached hydrogens (tertiary/aromatic N) is 1. The summed E-state index contributed by atoms with van der Waals surface area (Å²) in [4.78, 5) is 24.4. The van der Waals surface area contributed by atoms with Gasteiger partial charge in [-0.1, -0.05) is 20.8 Å². The third kappa shape index (κ3) is 4.33. The lowest BCUT2D eigenvalue weighted by atomic mass is 9.90. The summed E-state index contributed by atoms with van der Waals surface area (Å²) in [6.07, 6.45) is 4.27. The minimum Gasteiger partial charge on any atom is -0.343 e. The smallest absolute Gasteiger partial charge is 0.222 e. The zero-order valence-corrected chi connectivity index (χ0v) is 10.7. The van der Waals surface area contributed by atoms with Crippen LogP contribution in [0.3, 0.4) is 0 Å². The van der Waals surface area contributed by atoms with Crippen LogP contribution in [-0.4, -0.2) is 30.2 Å².